The summed E-state index contributed by atoms with van der Waals surface area (Å²) in [6.07, 6.45) is 0.640. The Hall–Kier alpha value is -2.93. The minimum absolute atomic E-state index is 0.150. The fourth-order valence-corrected chi connectivity index (χ4v) is 3.76. The molecule has 0 spiro atoms. The van der Waals surface area contributed by atoms with Gasteiger partial charge in [-0.15, -0.1) is 0 Å². The number of esters is 1. The predicted octanol–water partition coefficient (Wildman–Crippen LogP) is 1.83. The van der Waals surface area contributed by atoms with E-state index in [4.69, 9.17) is 23.7 Å². The van der Waals surface area contributed by atoms with Crippen molar-refractivity contribution in [3.05, 3.63) is 47.5 Å². The zero-order valence-electron chi connectivity index (χ0n) is 14.5. The first-order chi connectivity index (χ1) is 13.1. The van der Waals surface area contributed by atoms with Crippen LogP contribution in [0.15, 0.2) is 36.4 Å². The molecule has 0 unspecified atom stereocenters. The molecule has 2 atom stereocenters. The Morgan fingerprint density at radius 2 is 1.44 bits per heavy atom. The first-order valence-corrected chi connectivity index (χ1v) is 8.78. The Morgan fingerprint density at radius 3 is 2.15 bits per heavy atom. The fraction of sp³-hybridized carbons (Fsp3) is 0.350. The smallest absolute Gasteiger partial charge is 0.338 e. The zero-order chi connectivity index (χ0) is 18.4. The van der Waals surface area contributed by atoms with E-state index in [0.29, 0.717) is 29.4 Å². The van der Waals surface area contributed by atoms with Crippen LogP contribution in [0.1, 0.15) is 11.1 Å². The van der Waals surface area contributed by atoms with E-state index >= 15 is 0 Å². The molecule has 3 heterocycles. The highest BCUT2D eigenvalue weighted by molar-refractivity contribution is 5.82. The minimum Gasteiger partial charge on any atom is -0.463 e. The minimum atomic E-state index is -1.59. The van der Waals surface area contributed by atoms with E-state index in [1.54, 1.807) is 12.1 Å². The highest BCUT2D eigenvalue weighted by atomic mass is 16.7. The summed E-state index contributed by atoms with van der Waals surface area (Å²) in [5.74, 6) is 1.71. The van der Waals surface area contributed by atoms with Crippen molar-refractivity contribution in [3.8, 4) is 23.0 Å². The van der Waals surface area contributed by atoms with Gasteiger partial charge in [0, 0.05) is 12.3 Å². The van der Waals surface area contributed by atoms with Crippen LogP contribution in [-0.2, 0) is 22.4 Å². The highest BCUT2D eigenvalue weighted by Gasteiger charge is 2.51. The highest BCUT2D eigenvalue weighted by Crippen LogP contribution is 2.39. The summed E-state index contributed by atoms with van der Waals surface area (Å²) in [6.45, 7) is 0.560. The number of carbonyl (C=O) groups excluding carboxylic acids is 1. The number of benzene rings is 2. The van der Waals surface area contributed by atoms with Crippen molar-refractivity contribution in [3.63, 3.8) is 0 Å². The lowest BCUT2D eigenvalue weighted by Crippen LogP contribution is -2.44. The number of cyclic esters (lactones) is 1. The van der Waals surface area contributed by atoms with Gasteiger partial charge in [-0.3, -0.25) is 0 Å². The monoisotopic (exact) mass is 370 g/mol. The summed E-state index contributed by atoms with van der Waals surface area (Å²) in [7, 11) is 0. The Balaban J connectivity index is 1.38. The van der Waals surface area contributed by atoms with Gasteiger partial charge >= 0.3 is 5.97 Å². The number of rotatable bonds is 4. The molecule has 0 bridgehead atoms. The van der Waals surface area contributed by atoms with Crippen LogP contribution in [0.4, 0.5) is 0 Å². The van der Waals surface area contributed by atoms with E-state index in [-0.39, 0.29) is 32.5 Å². The summed E-state index contributed by atoms with van der Waals surface area (Å²) >= 11 is 0. The van der Waals surface area contributed by atoms with Crippen LogP contribution in [0.2, 0.25) is 0 Å². The van der Waals surface area contributed by atoms with Gasteiger partial charge in [0.05, 0.1) is 6.61 Å². The number of hydrogen-bond donors (Lipinski definition) is 1. The standard InChI is InChI=1S/C20H18O7/c21-19-20(22,8-13-2-4-16-18(7-13)27-11-25-16)14(9-23-19)5-12-1-3-15-17(6-12)26-10-24-15/h1-4,6-7,14,22H,5,8-11H2/t14-,20+/m1/s1. The Labute approximate surface area is 155 Å². The van der Waals surface area contributed by atoms with Gasteiger partial charge in [-0.1, -0.05) is 12.1 Å². The Kier molecular flexibility index (Phi) is 3.65. The third-order valence-electron chi connectivity index (χ3n) is 5.27. The van der Waals surface area contributed by atoms with Crippen LogP contribution in [0.5, 0.6) is 23.0 Å². The molecule has 140 valence electrons. The normalized spacial score (nSPS) is 24.9. The molecule has 0 amide bonds. The van der Waals surface area contributed by atoms with Gasteiger partial charge in [0.1, 0.15) is 0 Å². The second-order valence-electron chi connectivity index (χ2n) is 6.98. The van der Waals surface area contributed by atoms with Crippen molar-refractivity contribution in [2.45, 2.75) is 18.4 Å². The lowest BCUT2D eigenvalue weighted by molar-refractivity contribution is -0.154. The average Bonchev–Trinajstić information content (AvgIpc) is 3.37. The quantitative estimate of drug-likeness (QED) is 0.822. The molecule has 2 aromatic rings. The maximum absolute atomic E-state index is 12.3. The van der Waals surface area contributed by atoms with E-state index in [0.717, 1.165) is 11.1 Å². The van der Waals surface area contributed by atoms with Crippen molar-refractivity contribution in [1.82, 2.24) is 0 Å². The van der Waals surface area contributed by atoms with Crippen LogP contribution >= 0.6 is 0 Å². The van der Waals surface area contributed by atoms with Gasteiger partial charge in [0.2, 0.25) is 13.6 Å². The molecule has 3 aliphatic heterocycles. The lowest BCUT2D eigenvalue weighted by Gasteiger charge is -2.25. The summed E-state index contributed by atoms with van der Waals surface area (Å²) < 4.78 is 26.6. The molecular formula is C20H18O7. The molecule has 7 nitrogen and oxygen atoms in total. The van der Waals surface area contributed by atoms with E-state index in [1.165, 1.54) is 0 Å². The predicted molar refractivity (Wildman–Crippen MR) is 91.9 cm³/mol. The van der Waals surface area contributed by atoms with Crippen LogP contribution in [0.25, 0.3) is 0 Å². The SMILES string of the molecule is O=C1OC[C@@H](Cc2ccc3c(c2)OCO3)[C@@]1(O)Cc1ccc2c(c1)OCO2. The molecule has 0 aromatic heterocycles. The summed E-state index contributed by atoms with van der Waals surface area (Å²) in [5.41, 5.74) is 0.146. The molecule has 0 aliphatic carbocycles. The van der Waals surface area contributed by atoms with Gasteiger partial charge in [-0.2, -0.15) is 0 Å². The third-order valence-corrected chi connectivity index (χ3v) is 5.27. The first-order valence-electron chi connectivity index (χ1n) is 8.78. The third kappa shape index (κ3) is 2.75. The van der Waals surface area contributed by atoms with Crippen LogP contribution in [0.3, 0.4) is 0 Å². The van der Waals surface area contributed by atoms with E-state index < -0.39 is 11.6 Å². The maximum atomic E-state index is 12.3. The molecule has 7 heteroatoms. The van der Waals surface area contributed by atoms with Gasteiger partial charge in [0.15, 0.2) is 28.6 Å². The molecule has 3 aliphatic rings. The zero-order valence-corrected chi connectivity index (χ0v) is 14.5. The summed E-state index contributed by atoms with van der Waals surface area (Å²) in [5, 5.41) is 11.2. The van der Waals surface area contributed by atoms with E-state index in [9.17, 15) is 9.90 Å². The van der Waals surface area contributed by atoms with Crippen LogP contribution in [0, 0.1) is 5.92 Å². The number of hydrogen-bond acceptors (Lipinski definition) is 7. The van der Waals surface area contributed by atoms with E-state index in [1.807, 2.05) is 24.3 Å². The molecule has 1 saturated heterocycles. The van der Waals surface area contributed by atoms with Crippen molar-refractivity contribution < 1.29 is 33.6 Å². The van der Waals surface area contributed by atoms with Gasteiger partial charge < -0.3 is 28.8 Å². The largest absolute Gasteiger partial charge is 0.463 e. The topological polar surface area (TPSA) is 83.5 Å². The van der Waals surface area contributed by atoms with Gasteiger partial charge in [-0.25, -0.2) is 4.79 Å². The molecule has 0 saturated carbocycles. The molecule has 1 N–H and O–H groups in total. The maximum Gasteiger partial charge on any atom is 0.338 e. The Bertz CT molecular complexity index is 909. The second-order valence-corrected chi connectivity index (χ2v) is 6.98. The van der Waals surface area contributed by atoms with Crippen molar-refractivity contribution in [2.75, 3.05) is 20.2 Å². The van der Waals surface area contributed by atoms with Crippen LogP contribution in [-0.4, -0.2) is 36.9 Å². The Morgan fingerprint density at radius 1 is 0.852 bits per heavy atom. The summed E-state index contributed by atoms with van der Waals surface area (Å²) in [6, 6.07) is 11.0. The second kappa shape index (κ2) is 6.06. The fourth-order valence-electron chi connectivity index (χ4n) is 3.76. The molecular weight excluding hydrogens is 352 g/mol. The average molecular weight is 370 g/mol. The molecule has 5 rings (SSSR count). The molecule has 0 radical (unpaired) electrons. The molecule has 1 fully saturated rings. The van der Waals surface area contributed by atoms with Crippen molar-refractivity contribution in [1.29, 1.82) is 0 Å². The first kappa shape index (κ1) is 16.3. The molecule has 27 heavy (non-hydrogen) atoms. The van der Waals surface area contributed by atoms with Crippen LogP contribution < -0.4 is 18.9 Å². The molecule has 2 aromatic carbocycles. The van der Waals surface area contributed by atoms with Crippen molar-refractivity contribution >= 4 is 5.97 Å². The number of aliphatic hydroxyl groups is 1. The lowest BCUT2D eigenvalue weighted by atomic mass is 9.81. The van der Waals surface area contributed by atoms with Gasteiger partial charge in [-0.05, 0) is 41.8 Å². The van der Waals surface area contributed by atoms with Gasteiger partial charge in [0.25, 0.3) is 0 Å². The van der Waals surface area contributed by atoms with E-state index in [2.05, 4.69) is 0 Å². The van der Waals surface area contributed by atoms with Crippen molar-refractivity contribution in [2.24, 2.45) is 5.92 Å². The summed E-state index contributed by atoms with van der Waals surface area (Å²) in [4.78, 5) is 12.3. The number of fused-ring (bicyclic) bond motifs is 2. The number of carbonyl (C=O) groups is 1. The number of ether oxygens (including phenoxy) is 5.